The highest BCUT2D eigenvalue weighted by Crippen LogP contribution is 1.24. The van der Waals surface area contributed by atoms with E-state index >= 15 is 0 Å². The third kappa shape index (κ3) is 103. The third-order valence-corrected chi connectivity index (χ3v) is 0. The van der Waals surface area contributed by atoms with Crippen molar-refractivity contribution in [3.05, 3.63) is 0 Å². The Kier molecular flexibility index (Phi) is 1.55. The second-order valence-electron chi connectivity index (χ2n) is 0.189. The van der Waals surface area contributed by atoms with E-state index in [-0.39, 0.29) is 1.43 Å². The molecule has 26 valence electrons. The summed E-state index contributed by atoms with van der Waals surface area (Å²) in [6, 6.07) is 0. The smallest absolute Gasteiger partial charge is 0.357 e. The quantitative estimate of drug-likeness (QED) is 0.306. The Bertz CT molecular complexity index is 11.6. The summed E-state index contributed by atoms with van der Waals surface area (Å²) in [5.74, 6) is 0. The first-order valence-electron chi connectivity index (χ1n) is 0.463. The van der Waals surface area contributed by atoms with Crippen LogP contribution in [0.2, 0.25) is 0 Å². The maximum atomic E-state index is 8.41. The average Bonchev–Trinajstić information content (AvgIpc) is 0.811. The van der Waals surface area contributed by atoms with Gasteiger partial charge in [-0.3, -0.25) is 0 Å². The summed E-state index contributed by atoms with van der Waals surface area (Å²) in [6.07, 6.45) is 0. The third-order valence-electron chi connectivity index (χ3n) is 0. The van der Waals surface area contributed by atoms with Gasteiger partial charge in [0.25, 0.3) is 0 Å². The van der Waals surface area contributed by atoms with E-state index in [2.05, 4.69) is 0 Å². The van der Waals surface area contributed by atoms with Crippen molar-refractivity contribution in [1.29, 1.82) is 0 Å². The number of halogens is 1. The topological polar surface area (TPSA) is 69.2 Å². The van der Waals surface area contributed by atoms with Gasteiger partial charge in [0.05, 0.1) is 10.8 Å². The summed E-state index contributed by atoms with van der Waals surface area (Å²) in [6.45, 7) is 0. The molecule has 0 N–H and O–H groups in total. The molecule has 0 radical (unpaired) electrons. The maximum absolute atomic E-state index is 8.41. The number of hydrogen-bond acceptors (Lipinski definition) is 3. The zero-order valence-electron chi connectivity index (χ0n) is 2.60. The van der Waals surface area contributed by atoms with Crippen molar-refractivity contribution in [2.24, 2.45) is 0 Å². The van der Waals surface area contributed by atoms with E-state index in [9.17, 15) is 0 Å². The fraction of sp³-hybridized carbons (Fsp3) is 0. The Morgan fingerprint density at radius 1 is 1.25 bits per heavy atom. The maximum Gasteiger partial charge on any atom is 1.00 e. The number of rotatable bonds is 0. The Morgan fingerprint density at radius 3 is 1.25 bits per heavy atom. The van der Waals surface area contributed by atoms with E-state index in [1.54, 1.807) is 0 Å². The summed E-state index contributed by atoms with van der Waals surface area (Å²) in [5.41, 5.74) is 0. The molecule has 4 heteroatoms. The lowest BCUT2D eigenvalue weighted by Gasteiger charge is -1.89. The summed E-state index contributed by atoms with van der Waals surface area (Å²) in [4.78, 5) is 0. The van der Waals surface area contributed by atoms with E-state index in [0.29, 0.717) is 0 Å². The first kappa shape index (κ1) is 4.17. The zero-order valence-corrected chi connectivity index (χ0v) is 2.36. The van der Waals surface area contributed by atoms with Crippen LogP contribution in [0.5, 0.6) is 0 Å². The molecule has 0 fully saturated rings. The Hall–Kier alpha value is 0.170. The zero-order chi connectivity index (χ0) is 3.58. The second-order valence-corrected chi connectivity index (χ2v) is 0.567. The van der Waals surface area contributed by atoms with E-state index in [0.717, 1.165) is 0 Å². The molecule has 0 bridgehead atoms. The Balaban J connectivity index is 0. The molecule has 0 aromatic heterocycles. The largest absolute Gasteiger partial charge is 1.00 e. The van der Waals surface area contributed by atoms with Crippen LogP contribution in [0.3, 0.4) is 0 Å². The standard InChI is InChI=1S/ClO3/c2-1(3)4/q-1/p+1. The highest BCUT2D eigenvalue weighted by molar-refractivity contribution is 1.73. The van der Waals surface area contributed by atoms with Crippen LogP contribution in [0.1, 0.15) is 1.43 Å². The van der Waals surface area contributed by atoms with Crippen LogP contribution in [0.15, 0.2) is 0 Å². The van der Waals surface area contributed by atoms with Gasteiger partial charge in [-0.25, -0.2) is 0 Å². The van der Waals surface area contributed by atoms with Crippen LogP contribution in [0.4, 0.5) is 0 Å². The second kappa shape index (κ2) is 1.49. The van der Waals surface area contributed by atoms with Gasteiger partial charge >= 0.3 is 1.43 Å². The van der Waals surface area contributed by atoms with Crippen LogP contribution in [0, 0.1) is 10.8 Å². The van der Waals surface area contributed by atoms with Crippen LogP contribution in [0.25, 0.3) is 0 Å². The van der Waals surface area contributed by atoms with Crippen molar-refractivity contribution in [2.75, 3.05) is 0 Å². The Morgan fingerprint density at radius 2 is 1.25 bits per heavy atom. The van der Waals surface area contributed by atoms with Crippen molar-refractivity contribution < 1.29 is 26.2 Å². The molecule has 0 aromatic carbocycles. The van der Waals surface area contributed by atoms with Crippen LogP contribution in [-0.4, -0.2) is 0 Å². The molecular weight excluding hydrogens is 83.5 g/mol. The van der Waals surface area contributed by atoms with Gasteiger partial charge in [0.15, 0.2) is 0 Å². The Labute approximate surface area is 27.4 Å². The molecule has 0 spiro atoms. The lowest BCUT2D eigenvalue weighted by molar-refractivity contribution is -1.73. The van der Waals surface area contributed by atoms with Gasteiger partial charge in [-0.2, -0.15) is 0 Å². The molecule has 0 atom stereocenters. The predicted molar refractivity (Wildman–Crippen MR) is 1.11 cm³/mol. The van der Waals surface area contributed by atoms with Gasteiger partial charge in [-0.05, 0) is 0 Å². The number of hydrogen-bond donors (Lipinski definition) is 0. The molecule has 0 unspecified atom stereocenters. The SMILES string of the molecule is [H+].[O-][Cl+2]([O-])[O-]. The van der Waals surface area contributed by atoms with Crippen LogP contribution in [-0.2, 0) is 0 Å². The molecule has 0 amide bonds. The van der Waals surface area contributed by atoms with Gasteiger partial charge < -0.3 is 14.0 Å². The van der Waals surface area contributed by atoms with Gasteiger partial charge in [0.1, 0.15) is 0 Å². The van der Waals surface area contributed by atoms with Gasteiger partial charge in [-0.1, -0.05) is 0 Å². The molecule has 0 saturated heterocycles. The molecule has 4 heavy (non-hydrogen) atoms. The minimum absolute atomic E-state index is 0. The summed E-state index contributed by atoms with van der Waals surface area (Å²) < 4.78 is 25.2. The van der Waals surface area contributed by atoms with Crippen LogP contribution >= 0.6 is 0 Å². The molecule has 0 saturated carbocycles. The minimum atomic E-state index is -2.85. The molecule has 0 aromatic rings. The molecular formula is HClO3. The molecule has 3 nitrogen and oxygen atoms in total. The van der Waals surface area contributed by atoms with E-state index < -0.39 is 10.8 Å². The summed E-state index contributed by atoms with van der Waals surface area (Å²) in [7, 11) is -2.85. The van der Waals surface area contributed by atoms with Gasteiger partial charge in [-0.15, -0.1) is 0 Å². The molecule has 0 aliphatic carbocycles. The molecule has 0 aliphatic heterocycles. The van der Waals surface area contributed by atoms with Crippen molar-refractivity contribution in [3.63, 3.8) is 0 Å². The monoisotopic (exact) mass is 84.0 g/mol. The summed E-state index contributed by atoms with van der Waals surface area (Å²) >= 11 is 0. The normalized spacial score (nSPS) is 9.00. The van der Waals surface area contributed by atoms with Gasteiger partial charge in [0.2, 0.25) is 0 Å². The average molecular weight is 84.5 g/mol. The summed E-state index contributed by atoms with van der Waals surface area (Å²) in [5, 5.41) is 0. The fourth-order valence-corrected chi connectivity index (χ4v) is 0. The lowest BCUT2D eigenvalue weighted by atomic mass is 15.8. The lowest BCUT2D eigenvalue weighted by Crippen LogP contribution is -2.42. The minimum Gasteiger partial charge on any atom is -0.357 e. The highest BCUT2D eigenvalue weighted by atomic mass is 35.6. The molecule has 0 rings (SSSR count). The van der Waals surface area contributed by atoms with Crippen molar-refractivity contribution in [3.8, 4) is 0 Å². The molecule has 0 heterocycles. The molecule has 0 aliphatic rings. The first-order chi connectivity index (χ1) is 1.73. The fourth-order valence-electron chi connectivity index (χ4n) is 0. The van der Waals surface area contributed by atoms with E-state index in [4.69, 9.17) is 14.0 Å². The highest BCUT2D eigenvalue weighted by Gasteiger charge is 1.60. The predicted octanol–water partition coefficient (Wildman–Crippen LogP) is -3.45. The van der Waals surface area contributed by atoms with Crippen LogP contribution < -0.4 is 14.0 Å². The van der Waals surface area contributed by atoms with Gasteiger partial charge in [0, 0.05) is 0 Å². The van der Waals surface area contributed by atoms with E-state index in [1.165, 1.54) is 0 Å². The van der Waals surface area contributed by atoms with Crippen molar-refractivity contribution >= 4 is 0 Å². The van der Waals surface area contributed by atoms with Crippen molar-refractivity contribution in [1.82, 2.24) is 0 Å². The first-order valence-corrected chi connectivity index (χ1v) is 1.39. The van der Waals surface area contributed by atoms with Crippen molar-refractivity contribution in [2.45, 2.75) is 0 Å². The van der Waals surface area contributed by atoms with E-state index in [1.807, 2.05) is 0 Å².